The van der Waals surface area contributed by atoms with E-state index in [9.17, 15) is 4.79 Å². The molecule has 1 aromatic heterocycles. The van der Waals surface area contributed by atoms with Gasteiger partial charge in [0.1, 0.15) is 0 Å². The average Bonchev–Trinajstić information content (AvgIpc) is 2.95. The lowest BCUT2D eigenvalue weighted by Gasteiger charge is -2.14. The SMILES string of the molecule is COc1cnn(CCN2CCCC2)c1C(=O)O. The van der Waals surface area contributed by atoms with Gasteiger partial charge in [-0.3, -0.25) is 4.68 Å². The molecular weight excluding hydrogens is 222 g/mol. The van der Waals surface area contributed by atoms with Crippen molar-refractivity contribution in [3.05, 3.63) is 11.9 Å². The number of carboxylic acids is 1. The first-order chi connectivity index (χ1) is 8.22. The molecule has 1 saturated heterocycles. The minimum Gasteiger partial charge on any atom is -0.493 e. The molecule has 2 heterocycles. The molecule has 1 aliphatic heterocycles. The molecule has 0 amide bonds. The highest BCUT2D eigenvalue weighted by Gasteiger charge is 2.19. The first-order valence-electron chi connectivity index (χ1n) is 5.78. The van der Waals surface area contributed by atoms with E-state index in [4.69, 9.17) is 9.84 Å². The molecule has 17 heavy (non-hydrogen) atoms. The minimum atomic E-state index is -0.999. The van der Waals surface area contributed by atoms with Gasteiger partial charge in [0.05, 0.1) is 19.9 Å². The highest BCUT2D eigenvalue weighted by atomic mass is 16.5. The van der Waals surface area contributed by atoms with E-state index >= 15 is 0 Å². The minimum absolute atomic E-state index is 0.131. The fourth-order valence-corrected chi connectivity index (χ4v) is 2.15. The molecule has 0 aromatic carbocycles. The highest BCUT2D eigenvalue weighted by molar-refractivity contribution is 5.88. The summed E-state index contributed by atoms with van der Waals surface area (Å²) in [6.07, 6.45) is 3.91. The van der Waals surface area contributed by atoms with Crippen LogP contribution in [0.1, 0.15) is 23.3 Å². The second-order valence-electron chi connectivity index (χ2n) is 4.14. The van der Waals surface area contributed by atoms with E-state index in [1.807, 2.05) is 0 Å². The van der Waals surface area contributed by atoms with Crippen LogP contribution in [0.15, 0.2) is 6.20 Å². The van der Waals surface area contributed by atoms with E-state index in [1.165, 1.54) is 30.8 Å². The maximum absolute atomic E-state index is 11.1. The summed E-state index contributed by atoms with van der Waals surface area (Å²) < 4.78 is 6.48. The first-order valence-corrected chi connectivity index (χ1v) is 5.78. The average molecular weight is 239 g/mol. The van der Waals surface area contributed by atoms with Crippen molar-refractivity contribution in [2.24, 2.45) is 0 Å². The van der Waals surface area contributed by atoms with E-state index < -0.39 is 5.97 Å². The Morgan fingerprint density at radius 1 is 1.47 bits per heavy atom. The van der Waals surface area contributed by atoms with Crippen LogP contribution < -0.4 is 4.74 Å². The molecule has 1 aromatic rings. The number of rotatable bonds is 5. The fraction of sp³-hybridized carbons (Fsp3) is 0.636. The van der Waals surface area contributed by atoms with Gasteiger partial charge in [-0.25, -0.2) is 4.79 Å². The smallest absolute Gasteiger partial charge is 0.358 e. The van der Waals surface area contributed by atoms with Gasteiger partial charge in [0.25, 0.3) is 0 Å². The second-order valence-corrected chi connectivity index (χ2v) is 4.14. The molecule has 0 bridgehead atoms. The number of likely N-dealkylation sites (tertiary alicyclic amines) is 1. The van der Waals surface area contributed by atoms with Gasteiger partial charge >= 0.3 is 5.97 Å². The van der Waals surface area contributed by atoms with Crippen LogP contribution in [0, 0.1) is 0 Å². The zero-order valence-corrected chi connectivity index (χ0v) is 9.93. The Morgan fingerprint density at radius 3 is 2.76 bits per heavy atom. The van der Waals surface area contributed by atoms with E-state index in [-0.39, 0.29) is 5.69 Å². The van der Waals surface area contributed by atoms with E-state index in [0.717, 1.165) is 19.6 Å². The largest absolute Gasteiger partial charge is 0.493 e. The number of hydrogen-bond acceptors (Lipinski definition) is 4. The summed E-state index contributed by atoms with van der Waals surface area (Å²) >= 11 is 0. The zero-order valence-electron chi connectivity index (χ0n) is 9.93. The number of hydrogen-bond donors (Lipinski definition) is 1. The van der Waals surface area contributed by atoms with Crippen LogP contribution in [0.25, 0.3) is 0 Å². The number of aromatic nitrogens is 2. The maximum atomic E-state index is 11.1. The Kier molecular flexibility index (Phi) is 3.63. The Morgan fingerprint density at radius 2 is 2.18 bits per heavy atom. The number of aromatic carboxylic acids is 1. The third kappa shape index (κ3) is 2.58. The lowest BCUT2D eigenvalue weighted by molar-refractivity contribution is 0.0678. The summed E-state index contributed by atoms with van der Waals surface area (Å²) in [5.41, 5.74) is 0.131. The fourth-order valence-electron chi connectivity index (χ4n) is 2.15. The summed E-state index contributed by atoms with van der Waals surface area (Å²) in [5.74, 6) is -0.681. The topological polar surface area (TPSA) is 67.6 Å². The molecule has 0 radical (unpaired) electrons. The normalized spacial score (nSPS) is 16.3. The molecular formula is C11H17N3O3. The van der Waals surface area contributed by atoms with Crippen LogP contribution >= 0.6 is 0 Å². The van der Waals surface area contributed by atoms with Crippen molar-refractivity contribution >= 4 is 5.97 Å². The molecule has 0 spiro atoms. The Balaban J connectivity index is 2.04. The van der Waals surface area contributed by atoms with Crippen molar-refractivity contribution in [3.8, 4) is 5.75 Å². The summed E-state index contributed by atoms with van der Waals surface area (Å²) in [7, 11) is 1.45. The lowest BCUT2D eigenvalue weighted by atomic mass is 10.4. The van der Waals surface area contributed by atoms with Gasteiger partial charge in [-0.05, 0) is 25.9 Å². The van der Waals surface area contributed by atoms with Gasteiger partial charge in [0, 0.05) is 6.54 Å². The molecule has 2 rings (SSSR count). The molecule has 0 atom stereocenters. The highest BCUT2D eigenvalue weighted by Crippen LogP contribution is 2.17. The summed E-state index contributed by atoms with van der Waals surface area (Å²) in [6.45, 7) is 3.62. The van der Waals surface area contributed by atoms with Crippen molar-refractivity contribution < 1.29 is 14.6 Å². The molecule has 1 fully saturated rings. The molecule has 6 nitrogen and oxygen atoms in total. The van der Waals surface area contributed by atoms with E-state index in [1.54, 1.807) is 0 Å². The Hall–Kier alpha value is -1.56. The molecule has 94 valence electrons. The summed E-state index contributed by atoms with van der Waals surface area (Å²) in [6, 6.07) is 0. The number of carbonyl (C=O) groups is 1. The second kappa shape index (κ2) is 5.18. The van der Waals surface area contributed by atoms with Crippen LogP contribution in [-0.2, 0) is 6.54 Å². The molecule has 0 aliphatic carbocycles. The Labute approximate surface area is 99.8 Å². The van der Waals surface area contributed by atoms with Crippen molar-refractivity contribution in [2.45, 2.75) is 19.4 Å². The van der Waals surface area contributed by atoms with Gasteiger partial charge in [-0.15, -0.1) is 0 Å². The van der Waals surface area contributed by atoms with Crippen molar-refractivity contribution in [2.75, 3.05) is 26.7 Å². The van der Waals surface area contributed by atoms with E-state index in [2.05, 4.69) is 10.00 Å². The van der Waals surface area contributed by atoms with Gasteiger partial charge in [-0.2, -0.15) is 5.10 Å². The monoisotopic (exact) mass is 239 g/mol. The van der Waals surface area contributed by atoms with E-state index in [0.29, 0.717) is 12.3 Å². The first kappa shape index (κ1) is 11.9. The van der Waals surface area contributed by atoms with Crippen LogP contribution in [0.2, 0.25) is 0 Å². The van der Waals surface area contributed by atoms with Crippen LogP contribution in [0.5, 0.6) is 5.75 Å². The van der Waals surface area contributed by atoms with Gasteiger partial charge in [0.2, 0.25) is 0 Å². The number of ether oxygens (including phenoxy) is 1. The maximum Gasteiger partial charge on any atom is 0.358 e. The van der Waals surface area contributed by atoms with Gasteiger partial charge in [0.15, 0.2) is 11.4 Å². The third-order valence-corrected chi connectivity index (χ3v) is 3.06. The number of carboxylic acid groups (broad SMARTS) is 1. The quantitative estimate of drug-likeness (QED) is 0.818. The number of nitrogens with zero attached hydrogens (tertiary/aromatic N) is 3. The molecule has 0 unspecified atom stereocenters. The molecule has 1 aliphatic rings. The Bertz CT molecular complexity index is 397. The molecule has 1 N–H and O–H groups in total. The third-order valence-electron chi connectivity index (χ3n) is 3.06. The lowest BCUT2D eigenvalue weighted by Crippen LogP contribution is -2.25. The van der Waals surface area contributed by atoms with Gasteiger partial charge < -0.3 is 14.7 Å². The summed E-state index contributed by atoms with van der Waals surface area (Å²) in [4.78, 5) is 13.4. The van der Waals surface area contributed by atoms with Crippen LogP contribution in [-0.4, -0.2) is 52.5 Å². The zero-order chi connectivity index (χ0) is 12.3. The standard InChI is InChI=1S/C11H17N3O3/c1-17-9-8-12-14(10(9)11(15)16)7-6-13-4-2-3-5-13/h8H,2-7H2,1H3,(H,15,16). The van der Waals surface area contributed by atoms with Crippen LogP contribution in [0.4, 0.5) is 0 Å². The number of methoxy groups -OCH3 is 1. The predicted octanol–water partition coefficient (Wildman–Crippen LogP) is 0.686. The van der Waals surface area contributed by atoms with Crippen molar-refractivity contribution in [1.82, 2.24) is 14.7 Å². The molecule has 6 heteroatoms. The van der Waals surface area contributed by atoms with Gasteiger partial charge in [-0.1, -0.05) is 0 Å². The van der Waals surface area contributed by atoms with Crippen molar-refractivity contribution in [1.29, 1.82) is 0 Å². The van der Waals surface area contributed by atoms with Crippen molar-refractivity contribution in [3.63, 3.8) is 0 Å². The summed E-state index contributed by atoms with van der Waals surface area (Å²) in [5, 5.41) is 13.2. The molecule has 0 saturated carbocycles. The van der Waals surface area contributed by atoms with Crippen LogP contribution in [0.3, 0.4) is 0 Å². The predicted molar refractivity (Wildman–Crippen MR) is 61.4 cm³/mol.